The summed E-state index contributed by atoms with van der Waals surface area (Å²) in [5, 5.41) is 8.67. The predicted molar refractivity (Wildman–Crippen MR) is 70.7 cm³/mol. The number of carboxylic acid groups (broad SMARTS) is 1. The third-order valence-electron chi connectivity index (χ3n) is 3.30. The van der Waals surface area contributed by atoms with Crippen LogP contribution in [-0.4, -0.2) is 40.7 Å². The van der Waals surface area contributed by atoms with Crippen molar-refractivity contribution in [1.82, 2.24) is 9.97 Å². The lowest BCUT2D eigenvalue weighted by Gasteiger charge is -2.27. The molecule has 0 atom stereocenters. The Labute approximate surface area is 112 Å². The van der Waals surface area contributed by atoms with Gasteiger partial charge in [0, 0.05) is 24.3 Å². The Morgan fingerprint density at radius 3 is 2.58 bits per heavy atom. The molecule has 6 nitrogen and oxygen atoms in total. The molecule has 0 unspecified atom stereocenters. The topological polar surface area (TPSA) is 75.5 Å². The maximum Gasteiger partial charge on any atom is 0.341 e. The average Bonchev–Trinajstić information content (AvgIpc) is 2.41. The van der Waals surface area contributed by atoms with Crippen molar-refractivity contribution < 1.29 is 14.6 Å². The van der Waals surface area contributed by atoms with Crippen LogP contribution in [0.3, 0.4) is 0 Å². The molecule has 1 saturated heterocycles. The van der Waals surface area contributed by atoms with Crippen molar-refractivity contribution >= 4 is 11.9 Å². The second-order valence-corrected chi connectivity index (χ2v) is 4.77. The van der Waals surface area contributed by atoms with Gasteiger partial charge in [-0.3, -0.25) is 0 Å². The van der Waals surface area contributed by atoms with E-state index in [0.29, 0.717) is 11.8 Å². The monoisotopic (exact) mass is 265 g/mol. The molecular formula is C13H19N3O3. The Kier molecular flexibility index (Phi) is 4.19. The number of carboxylic acids is 1. The van der Waals surface area contributed by atoms with Crippen LogP contribution in [0.4, 0.5) is 5.95 Å². The van der Waals surface area contributed by atoms with Crippen LogP contribution >= 0.6 is 0 Å². The van der Waals surface area contributed by atoms with Gasteiger partial charge in [0.05, 0.1) is 0 Å². The number of piperidine rings is 1. The summed E-state index contributed by atoms with van der Waals surface area (Å²) in [5.74, 6) is 0.00819. The summed E-state index contributed by atoms with van der Waals surface area (Å²) >= 11 is 0. The number of carbonyl (C=O) groups is 1. The number of nitrogens with zero attached hydrogens (tertiary/aromatic N) is 3. The van der Waals surface area contributed by atoms with Crippen molar-refractivity contribution in [2.45, 2.75) is 33.1 Å². The minimum Gasteiger partial charge on any atom is -0.479 e. The fraction of sp³-hybridized carbons (Fsp3) is 0.615. The number of aliphatic carboxylic acids is 1. The van der Waals surface area contributed by atoms with E-state index in [2.05, 4.69) is 14.9 Å². The number of anilines is 1. The van der Waals surface area contributed by atoms with Crippen molar-refractivity contribution in [3.63, 3.8) is 0 Å². The summed E-state index contributed by atoms with van der Waals surface area (Å²) in [5.41, 5.74) is 1.62. The molecule has 2 heterocycles. The van der Waals surface area contributed by atoms with E-state index < -0.39 is 5.97 Å². The van der Waals surface area contributed by atoms with E-state index in [1.165, 1.54) is 6.42 Å². The molecule has 1 aromatic heterocycles. The van der Waals surface area contributed by atoms with Gasteiger partial charge in [0.25, 0.3) is 0 Å². The Bertz CT molecular complexity index is 470. The summed E-state index contributed by atoms with van der Waals surface area (Å²) in [4.78, 5) is 21.5. The molecule has 0 saturated carbocycles. The molecule has 1 aromatic rings. The van der Waals surface area contributed by atoms with Gasteiger partial charge in [-0.15, -0.1) is 0 Å². The Morgan fingerprint density at radius 2 is 1.95 bits per heavy atom. The van der Waals surface area contributed by atoms with Gasteiger partial charge in [-0.2, -0.15) is 4.98 Å². The van der Waals surface area contributed by atoms with Crippen LogP contribution in [0, 0.1) is 13.8 Å². The average molecular weight is 265 g/mol. The summed E-state index contributed by atoms with van der Waals surface area (Å²) in [6.45, 7) is 5.24. The maximum absolute atomic E-state index is 10.6. The van der Waals surface area contributed by atoms with Crippen LogP contribution in [0.1, 0.15) is 30.5 Å². The molecule has 1 aliphatic rings. The second kappa shape index (κ2) is 5.86. The van der Waals surface area contributed by atoms with E-state index in [1.54, 1.807) is 0 Å². The number of rotatable bonds is 4. The molecule has 19 heavy (non-hydrogen) atoms. The van der Waals surface area contributed by atoms with Gasteiger partial charge < -0.3 is 14.7 Å². The Morgan fingerprint density at radius 1 is 1.26 bits per heavy atom. The molecule has 0 spiro atoms. The Hall–Kier alpha value is -1.85. The molecular weight excluding hydrogens is 246 g/mol. The quantitative estimate of drug-likeness (QED) is 0.890. The number of aryl methyl sites for hydroxylation is 1. The molecule has 0 aromatic carbocycles. The molecule has 0 bridgehead atoms. The number of hydrogen-bond donors (Lipinski definition) is 1. The smallest absolute Gasteiger partial charge is 0.341 e. The second-order valence-electron chi connectivity index (χ2n) is 4.77. The van der Waals surface area contributed by atoms with Gasteiger partial charge in [-0.1, -0.05) is 0 Å². The molecule has 104 valence electrons. The first kappa shape index (κ1) is 13.6. The van der Waals surface area contributed by atoms with Crippen LogP contribution in [0.2, 0.25) is 0 Å². The minimum absolute atomic E-state index is 0.371. The summed E-state index contributed by atoms with van der Waals surface area (Å²) < 4.78 is 5.23. The SMILES string of the molecule is Cc1nc(N2CCCCC2)nc(OCC(=O)O)c1C. The molecule has 1 N–H and O–H groups in total. The van der Waals surface area contributed by atoms with E-state index >= 15 is 0 Å². The highest BCUT2D eigenvalue weighted by atomic mass is 16.5. The maximum atomic E-state index is 10.6. The van der Waals surface area contributed by atoms with Gasteiger partial charge in [0.1, 0.15) is 0 Å². The zero-order valence-electron chi connectivity index (χ0n) is 11.3. The van der Waals surface area contributed by atoms with E-state index in [0.717, 1.165) is 37.2 Å². The molecule has 2 rings (SSSR count). The van der Waals surface area contributed by atoms with Crippen LogP contribution in [0.25, 0.3) is 0 Å². The molecule has 6 heteroatoms. The van der Waals surface area contributed by atoms with E-state index in [4.69, 9.17) is 9.84 Å². The van der Waals surface area contributed by atoms with Crippen LogP contribution < -0.4 is 9.64 Å². The van der Waals surface area contributed by atoms with Crippen molar-refractivity contribution in [1.29, 1.82) is 0 Å². The lowest BCUT2D eigenvalue weighted by atomic mass is 10.1. The number of aromatic nitrogens is 2. The van der Waals surface area contributed by atoms with Gasteiger partial charge in [0.2, 0.25) is 11.8 Å². The third kappa shape index (κ3) is 3.33. The number of ether oxygens (including phenoxy) is 1. The van der Waals surface area contributed by atoms with Crippen molar-refractivity contribution in [2.24, 2.45) is 0 Å². The lowest BCUT2D eigenvalue weighted by Crippen LogP contribution is -2.31. The summed E-state index contributed by atoms with van der Waals surface area (Å²) in [6, 6.07) is 0. The summed E-state index contributed by atoms with van der Waals surface area (Å²) in [7, 11) is 0. The minimum atomic E-state index is -1.00. The highest BCUT2D eigenvalue weighted by Gasteiger charge is 2.17. The first-order valence-electron chi connectivity index (χ1n) is 6.52. The van der Waals surface area contributed by atoms with E-state index in [9.17, 15) is 4.79 Å². The van der Waals surface area contributed by atoms with Crippen LogP contribution in [0.5, 0.6) is 5.88 Å². The Balaban J connectivity index is 2.22. The molecule has 0 amide bonds. The number of hydrogen-bond acceptors (Lipinski definition) is 5. The van der Waals surface area contributed by atoms with Crippen molar-refractivity contribution in [2.75, 3.05) is 24.6 Å². The molecule has 1 fully saturated rings. The van der Waals surface area contributed by atoms with Crippen molar-refractivity contribution in [3.8, 4) is 5.88 Å². The van der Waals surface area contributed by atoms with Gasteiger partial charge in [-0.25, -0.2) is 9.78 Å². The molecule has 1 aliphatic heterocycles. The van der Waals surface area contributed by atoms with Crippen LogP contribution in [0.15, 0.2) is 0 Å². The van der Waals surface area contributed by atoms with Gasteiger partial charge >= 0.3 is 5.97 Å². The third-order valence-corrected chi connectivity index (χ3v) is 3.30. The first-order chi connectivity index (χ1) is 9.08. The van der Waals surface area contributed by atoms with Gasteiger partial charge in [-0.05, 0) is 33.1 Å². The zero-order valence-corrected chi connectivity index (χ0v) is 11.3. The standard InChI is InChI=1S/C13H19N3O3/c1-9-10(2)14-13(16-6-4-3-5-7-16)15-12(9)19-8-11(17)18/h3-8H2,1-2H3,(H,17,18). The van der Waals surface area contributed by atoms with Crippen LogP contribution in [-0.2, 0) is 4.79 Å². The summed E-state index contributed by atoms with van der Waals surface area (Å²) in [6.07, 6.45) is 3.52. The predicted octanol–water partition coefficient (Wildman–Crippen LogP) is 1.55. The lowest BCUT2D eigenvalue weighted by molar-refractivity contribution is -0.139. The highest BCUT2D eigenvalue weighted by molar-refractivity contribution is 5.68. The molecule has 0 aliphatic carbocycles. The van der Waals surface area contributed by atoms with Crippen molar-refractivity contribution in [3.05, 3.63) is 11.3 Å². The van der Waals surface area contributed by atoms with E-state index in [1.807, 2.05) is 13.8 Å². The zero-order chi connectivity index (χ0) is 13.8. The highest BCUT2D eigenvalue weighted by Crippen LogP contribution is 2.23. The van der Waals surface area contributed by atoms with Gasteiger partial charge in [0.15, 0.2) is 6.61 Å². The van der Waals surface area contributed by atoms with E-state index in [-0.39, 0.29) is 6.61 Å². The fourth-order valence-corrected chi connectivity index (χ4v) is 2.09. The largest absolute Gasteiger partial charge is 0.479 e. The first-order valence-corrected chi connectivity index (χ1v) is 6.52. The fourth-order valence-electron chi connectivity index (χ4n) is 2.09. The normalized spacial score (nSPS) is 15.4. The molecule has 0 radical (unpaired) electrons.